The van der Waals surface area contributed by atoms with E-state index in [0.717, 1.165) is 64.2 Å². The summed E-state index contributed by atoms with van der Waals surface area (Å²) in [5, 5.41) is 2.94. The van der Waals surface area contributed by atoms with Crippen LogP contribution < -0.4 is 5.32 Å². The number of nitrogens with one attached hydrogen (secondary N) is 1. The van der Waals surface area contributed by atoms with E-state index in [2.05, 4.69) is 18.5 Å². The van der Waals surface area contributed by atoms with Gasteiger partial charge in [0.2, 0.25) is 17.7 Å². The summed E-state index contributed by atoms with van der Waals surface area (Å²) in [4.78, 5) is 54.9. The molecule has 0 spiro atoms. The highest BCUT2D eigenvalue weighted by Gasteiger charge is 2.60. The Morgan fingerprint density at radius 3 is 2.00 bits per heavy atom. The van der Waals surface area contributed by atoms with Gasteiger partial charge in [-0.1, -0.05) is 50.7 Å². The lowest BCUT2D eigenvalue weighted by Gasteiger charge is -2.45. The number of carbonyl (C=O) groups excluding carboxylic acids is 4. The second kappa shape index (κ2) is 9.71. The van der Waals surface area contributed by atoms with Crippen LogP contribution in [0, 0.1) is 11.3 Å². The Kier molecular flexibility index (Phi) is 7.27. The third-order valence-corrected chi connectivity index (χ3v) is 6.99. The molecule has 1 N–H and O–H groups in total. The second-order valence-electron chi connectivity index (χ2n) is 9.01. The summed E-state index contributed by atoms with van der Waals surface area (Å²) in [7, 11) is 0. The predicted octanol–water partition coefficient (Wildman–Crippen LogP) is 3.46. The van der Waals surface area contributed by atoms with Crippen molar-refractivity contribution < 1.29 is 19.2 Å². The maximum Gasteiger partial charge on any atom is 0.249 e. The normalized spacial score (nSPS) is 25.8. The predicted molar refractivity (Wildman–Crippen MR) is 114 cm³/mol. The number of hydrogen-bond acceptors (Lipinski definition) is 4. The molecule has 0 aromatic carbocycles. The number of allylic oxidation sites excluding steroid dienone is 2. The molecule has 6 heteroatoms. The molecule has 0 radical (unpaired) electrons. The van der Waals surface area contributed by atoms with Crippen LogP contribution in [0.2, 0.25) is 0 Å². The van der Waals surface area contributed by atoms with Crippen molar-refractivity contribution in [1.82, 2.24) is 10.2 Å². The quantitative estimate of drug-likeness (QED) is 0.393. The van der Waals surface area contributed by atoms with Gasteiger partial charge in [0.1, 0.15) is 5.41 Å². The molecule has 1 saturated heterocycles. The van der Waals surface area contributed by atoms with Crippen molar-refractivity contribution in [3.8, 4) is 0 Å². The van der Waals surface area contributed by atoms with Crippen molar-refractivity contribution in [3.05, 3.63) is 25.3 Å². The number of Topliss-reactive ketones (excluding diaryl/α,β-unsaturated/α-hetero) is 1. The van der Waals surface area contributed by atoms with E-state index in [9.17, 15) is 19.2 Å². The van der Waals surface area contributed by atoms with Crippen molar-refractivity contribution in [2.45, 2.75) is 89.1 Å². The Balaban J connectivity index is 1.96. The molecule has 3 aliphatic rings. The number of hydrogen-bond donors (Lipinski definition) is 1. The van der Waals surface area contributed by atoms with E-state index >= 15 is 0 Å². The molecule has 1 unspecified atom stereocenters. The number of imide groups is 1. The van der Waals surface area contributed by atoms with Crippen LogP contribution in [0.4, 0.5) is 0 Å². The Labute approximate surface area is 179 Å². The molecule has 164 valence electrons. The molecule has 3 amide bonds. The van der Waals surface area contributed by atoms with Crippen LogP contribution in [0.25, 0.3) is 0 Å². The molecule has 3 rings (SSSR count). The van der Waals surface area contributed by atoms with E-state index in [4.69, 9.17) is 0 Å². The standard InChI is InChI=1S/C24H34N2O4/c1-3-15-24(16-4-2)20(27)19(21(28)25-17-11-7-5-8-12-17)22(29)26(23(24)30)18-13-9-6-10-14-18/h3-4,17-19H,1-2,5-16H2,(H,25,28). The number of nitrogens with zero attached hydrogens (tertiary/aromatic N) is 1. The number of carbonyl (C=O) groups is 4. The minimum atomic E-state index is -1.47. The molecule has 2 aliphatic carbocycles. The van der Waals surface area contributed by atoms with Crippen LogP contribution >= 0.6 is 0 Å². The first-order valence-corrected chi connectivity index (χ1v) is 11.4. The third kappa shape index (κ3) is 4.14. The van der Waals surface area contributed by atoms with Gasteiger partial charge in [-0.25, -0.2) is 0 Å². The first kappa shape index (κ1) is 22.4. The Bertz CT molecular complexity index is 707. The van der Waals surface area contributed by atoms with Crippen molar-refractivity contribution in [2.75, 3.05) is 0 Å². The molecule has 0 aromatic rings. The topological polar surface area (TPSA) is 83.6 Å². The maximum atomic E-state index is 13.6. The first-order chi connectivity index (χ1) is 14.5. The average molecular weight is 415 g/mol. The molecule has 6 nitrogen and oxygen atoms in total. The Morgan fingerprint density at radius 2 is 1.47 bits per heavy atom. The summed E-state index contributed by atoms with van der Waals surface area (Å²) in [5.41, 5.74) is -1.47. The van der Waals surface area contributed by atoms with Crippen LogP contribution in [0.15, 0.2) is 25.3 Å². The highest BCUT2D eigenvalue weighted by atomic mass is 16.2. The first-order valence-electron chi connectivity index (χ1n) is 11.4. The van der Waals surface area contributed by atoms with E-state index < -0.39 is 34.8 Å². The fourth-order valence-electron chi connectivity index (χ4n) is 5.36. The molecule has 0 aromatic heterocycles. The van der Waals surface area contributed by atoms with Gasteiger partial charge < -0.3 is 5.32 Å². The summed E-state index contributed by atoms with van der Waals surface area (Å²) >= 11 is 0. The molecule has 30 heavy (non-hydrogen) atoms. The van der Waals surface area contributed by atoms with Gasteiger partial charge in [-0.3, -0.25) is 24.1 Å². The zero-order valence-electron chi connectivity index (χ0n) is 17.9. The highest BCUT2D eigenvalue weighted by molar-refractivity contribution is 6.31. The van der Waals surface area contributed by atoms with Crippen molar-refractivity contribution in [2.24, 2.45) is 11.3 Å². The minimum absolute atomic E-state index is 0.0131. The van der Waals surface area contributed by atoms with Gasteiger partial charge in [0, 0.05) is 12.1 Å². The van der Waals surface area contributed by atoms with Crippen LogP contribution in [0.1, 0.15) is 77.0 Å². The van der Waals surface area contributed by atoms with Crippen molar-refractivity contribution in [3.63, 3.8) is 0 Å². The summed E-state index contributed by atoms with van der Waals surface area (Å²) in [6, 6.07) is -0.258. The summed E-state index contributed by atoms with van der Waals surface area (Å²) in [6.45, 7) is 7.46. The van der Waals surface area contributed by atoms with Crippen LogP contribution in [-0.2, 0) is 19.2 Å². The zero-order chi connectivity index (χ0) is 21.7. The van der Waals surface area contributed by atoms with Crippen LogP contribution in [0.3, 0.4) is 0 Å². The molecular formula is C24H34N2O4. The largest absolute Gasteiger partial charge is 0.352 e. The number of likely N-dealkylation sites (tertiary alicyclic amines) is 1. The smallest absolute Gasteiger partial charge is 0.249 e. The van der Waals surface area contributed by atoms with Crippen molar-refractivity contribution >= 4 is 23.5 Å². The van der Waals surface area contributed by atoms with Gasteiger partial charge in [-0.05, 0) is 38.5 Å². The van der Waals surface area contributed by atoms with Gasteiger partial charge in [0.25, 0.3) is 0 Å². The van der Waals surface area contributed by atoms with Crippen LogP contribution in [-0.4, -0.2) is 40.5 Å². The van der Waals surface area contributed by atoms with Gasteiger partial charge in [-0.2, -0.15) is 0 Å². The van der Waals surface area contributed by atoms with Gasteiger partial charge in [-0.15, -0.1) is 13.2 Å². The van der Waals surface area contributed by atoms with Crippen molar-refractivity contribution in [1.29, 1.82) is 0 Å². The summed E-state index contributed by atoms with van der Waals surface area (Å²) in [6.07, 6.45) is 12.6. The minimum Gasteiger partial charge on any atom is -0.352 e. The highest BCUT2D eigenvalue weighted by Crippen LogP contribution is 2.41. The molecular weight excluding hydrogens is 380 g/mol. The zero-order valence-corrected chi connectivity index (χ0v) is 17.9. The Morgan fingerprint density at radius 1 is 0.933 bits per heavy atom. The number of piperidine rings is 1. The number of rotatable bonds is 7. The molecule has 1 atom stereocenters. The third-order valence-electron chi connectivity index (χ3n) is 6.99. The van der Waals surface area contributed by atoms with Gasteiger partial charge >= 0.3 is 0 Å². The number of ketones is 1. The van der Waals surface area contributed by atoms with E-state index in [-0.39, 0.29) is 24.9 Å². The average Bonchev–Trinajstić information content (AvgIpc) is 2.74. The fourth-order valence-corrected chi connectivity index (χ4v) is 5.36. The SMILES string of the molecule is C=CCC1(CC=C)C(=O)C(C(=O)NC2CCCCC2)C(=O)N(C2CCCCC2)C1=O. The lowest BCUT2D eigenvalue weighted by molar-refractivity contribution is -0.171. The monoisotopic (exact) mass is 414 g/mol. The molecule has 1 aliphatic heterocycles. The molecule has 1 heterocycles. The molecule has 0 bridgehead atoms. The number of amides is 3. The van der Waals surface area contributed by atoms with Crippen LogP contribution in [0.5, 0.6) is 0 Å². The van der Waals surface area contributed by atoms with Gasteiger partial charge in [0.05, 0.1) is 0 Å². The van der Waals surface area contributed by atoms with E-state index in [0.29, 0.717) is 0 Å². The van der Waals surface area contributed by atoms with E-state index in [1.54, 1.807) is 0 Å². The van der Waals surface area contributed by atoms with E-state index in [1.807, 2.05) is 0 Å². The van der Waals surface area contributed by atoms with E-state index in [1.165, 1.54) is 17.1 Å². The molecule has 3 fully saturated rings. The second-order valence-corrected chi connectivity index (χ2v) is 9.01. The van der Waals surface area contributed by atoms with Gasteiger partial charge in [0.15, 0.2) is 11.7 Å². The Hall–Kier alpha value is -2.24. The summed E-state index contributed by atoms with van der Waals surface area (Å²) < 4.78 is 0. The summed E-state index contributed by atoms with van der Waals surface area (Å²) in [5.74, 6) is -3.74. The maximum absolute atomic E-state index is 13.6. The fraction of sp³-hybridized carbons (Fsp3) is 0.667. The molecule has 2 saturated carbocycles. The lowest BCUT2D eigenvalue weighted by atomic mass is 9.67. The lowest BCUT2D eigenvalue weighted by Crippen LogP contribution is -2.66.